The number of methoxy groups -OCH3 is 1. The van der Waals surface area contributed by atoms with Gasteiger partial charge in [0.2, 0.25) is 11.6 Å². The molecule has 0 unspecified atom stereocenters. The highest BCUT2D eigenvalue weighted by atomic mass is 16.5. The highest BCUT2D eigenvalue weighted by molar-refractivity contribution is 5.99. The maximum atomic E-state index is 13.8. The van der Waals surface area contributed by atoms with E-state index in [0.29, 0.717) is 24.5 Å². The second-order valence-electron chi connectivity index (χ2n) is 11.2. The third-order valence-electron chi connectivity index (χ3n) is 8.27. The van der Waals surface area contributed by atoms with Crippen LogP contribution in [-0.2, 0) is 16.1 Å². The van der Waals surface area contributed by atoms with E-state index in [1.807, 2.05) is 62.1 Å². The first-order chi connectivity index (χ1) is 20.6. The van der Waals surface area contributed by atoms with Gasteiger partial charge in [-0.15, -0.1) is 0 Å². The van der Waals surface area contributed by atoms with Crippen LogP contribution >= 0.6 is 0 Å². The molecule has 2 amide bonds. The molecule has 9 heteroatoms. The van der Waals surface area contributed by atoms with E-state index in [-0.39, 0.29) is 24.4 Å². The molecule has 1 aromatic heterocycles. The van der Waals surface area contributed by atoms with Gasteiger partial charge in [-0.05, 0) is 87.6 Å². The Morgan fingerprint density at radius 2 is 1.74 bits per heavy atom. The summed E-state index contributed by atoms with van der Waals surface area (Å²) in [5.41, 5.74) is 6.55. The molecule has 0 spiro atoms. The lowest BCUT2D eigenvalue weighted by atomic mass is 9.94. The monoisotopic (exact) mass is 588 g/mol. The normalized spacial score (nSPS) is 13.6. The van der Waals surface area contributed by atoms with Crippen LogP contribution in [0.1, 0.15) is 59.4 Å². The average Bonchev–Trinajstić information content (AvgIpc) is 2.98. The third kappa shape index (κ3) is 7.65. The maximum absolute atomic E-state index is 13.8. The van der Waals surface area contributed by atoms with E-state index in [2.05, 4.69) is 23.2 Å². The van der Waals surface area contributed by atoms with Gasteiger partial charge in [0.15, 0.2) is 6.20 Å². The number of benzene rings is 2. The Labute approximate surface area is 255 Å². The van der Waals surface area contributed by atoms with Crippen LogP contribution in [-0.4, -0.2) is 62.7 Å². The van der Waals surface area contributed by atoms with Crippen LogP contribution < -0.4 is 19.7 Å². The largest absolute Gasteiger partial charge is 0.618 e. The predicted molar refractivity (Wildman–Crippen MR) is 168 cm³/mol. The van der Waals surface area contributed by atoms with Crippen LogP contribution in [0.5, 0.6) is 5.75 Å². The van der Waals surface area contributed by atoms with Crippen molar-refractivity contribution in [2.24, 2.45) is 0 Å². The summed E-state index contributed by atoms with van der Waals surface area (Å²) in [4.78, 5) is 30.0. The van der Waals surface area contributed by atoms with Crippen LogP contribution in [0.4, 0.5) is 5.69 Å². The minimum Gasteiger partial charge on any atom is -0.618 e. The molecule has 0 saturated carbocycles. The van der Waals surface area contributed by atoms with Crippen molar-refractivity contribution in [3.63, 3.8) is 0 Å². The summed E-state index contributed by atoms with van der Waals surface area (Å²) in [6, 6.07) is 14.1. The molecule has 9 nitrogen and oxygen atoms in total. The van der Waals surface area contributed by atoms with Crippen LogP contribution in [0.15, 0.2) is 48.7 Å². The summed E-state index contributed by atoms with van der Waals surface area (Å²) in [5, 5.41) is 15.6. The zero-order chi connectivity index (χ0) is 31.1. The molecular weight excluding hydrogens is 544 g/mol. The van der Waals surface area contributed by atoms with Gasteiger partial charge in [0.25, 0.3) is 5.91 Å². The number of piperidine rings is 1. The summed E-state index contributed by atoms with van der Waals surface area (Å²) in [6.07, 6.45) is 3.25. The zero-order valence-electron chi connectivity index (χ0n) is 26.2. The number of amides is 2. The standard InChI is InChI=1S/C34H44N4O5/c1-7-37(29-12-14-36(15-13-29)26(5)39)32-20-28(27-8-10-30(11-9-27)43-17-16-42-6)19-31(25(32)4)34(40)35-21-33-24(3)18-23(2)22-38(33)41/h8-11,18-20,22,29H,7,12-17,21H2,1-6H3,(H,35,40). The molecule has 1 saturated heterocycles. The Kier molecular flexibility index (Phi) is 10.6. The molecule has 1 aliphatic rings. The number of aryl methyl sites for hydroxylation is 2. The summed E-state index contributed by atoms with van der Waals surface area (Å²) >= 11 is 0. The van der Waals surface area contributed by atoms with E-state index in [0.717, 1.165) is 76.5 Å². The lowest BCUT2D eigenvalue weighted by Crippen LogP contribution is -2.46. The molecule has 0 radical (unpaired) electrons. The second kappa shape index (κ2) is 14.4. The third-order valence-corrected chi connectivity index (χ3v) is 8.27. The minimum atomic E-state index is -0.234. The number of hydrogen-bond acceptors (Lipinski definition) is 6. The molecule has 2 heterocycles. The minimum absolute atomic E-state index is 0.108. The predicted octanol–water partition coefficient (Wildman–Crippen LogP) is 4.70. The van der Waals surface area contributed by atoms with Crippen molar-refractivity contribution in [2.45, 2.75) is 60.0 Å². The van der Waals surface area contributed by atoms with Gasteiger partial charge in [-0.1, -0.05) is 12.1 Å². The highest BCUT2D eigenvalue weighted by Crippen LogP contribution is 2.34. The number of rotatable bonds is 11. The van der Waals surface area contributed by atoms with E-state index in [1.165, 1.54) is 6.20 Å². The lowest BCUT2D eigenvalue weighted by molar-refractivity contribution is -0.615. The van der Waals surface area contributed by atoms with Gasteiger partial charge in [0.05, 0.1) is 6.61 Å². The van der Waals surface area contributed by atoms with Crippen molar-refractivity contribution >= 4 is 17.5 Å². The van der Waals surface area contributed by atoms with E-state index in [4.69, 9.17) is 9.47 Å². The fourth-order valence-corrected chi connectivity index (χ4v) is 5.88. The van der Waals surface area contributed by atoms with E-state index >= 15 is 0 Å². The summed E-state index contributed by atoms with van der Waals surface area (Å²) in [7, 11) is 1.64. The number of ether oxygens (including phenoxy) is 2. The maximum Gasteiger partial charge on any atom is 0.252 e. The Morgan fingerprint density at radius 1 is 1.05 bits per heavy atom. The Balaban J connectivity index is 1.68. The average molecular weight is 589 g/mol. The van der Waals surface area contributed by atoms with E-state index in [9.17, 15) is 14.8 Å². The number of carbonyl (C=O) groups is 2. The van der Waals surface area contributed by atoms with E-state index < -0.39 is 0 Å². The molecule has 43 heavy (non-hydrogen) atoms. The van der Waals surface area contributed by atoms with Crippen LogP contribution in [0.3, 0.4) is 0 Å². The van der Waals surface area contributed by atoms with Crippen molar-refractivity contribution in [1.29, 1.82) is 0 Å². The van der Waals surface area contributed by atoms with Gasteiger partial charge in [-0.25, -0.2) is 0 Å². The van der Waals surface area contributed by atoms with Crippen LogP contribution in [0.25, 0.3) is 11.1 Å². The number of hydrogen-bond donors (Lipinski definition) is 1. The number of carbonyl (C=O) groups excluding carboxylic acids is 2. The molecule has 0 atom stereocenters. The molecule has 0 aliphatic carbocycles. The number of anilines is 1. The van der Waals surface area contributed by atoms with Gasteiger partial charge < -0.3 is 29.8 Å². The first kappa shape index (κ1) is 31.8. The first-order valence-electron chi connectivity index (χ1n) is 15.0. The highest BCUT2D eigenvalue weighted by Gasteiger charge is 2.28. The van der Waals surface area contributed by atoms with Gasteiger partial charge in [-0.2, -0.15) is 4.73 Å². The van der Waals surface area contributed by atoms with Gasteiger partial charge in [-0.3, -0.25) is 9.59 Å². The van der Waals surface area contributed by atoms with Gasteiger partial charge >= 0.3 is 0 Å². The fourth-order valence-electron chi connectivity index (χ4n) is 5.88. The summed E-state index contributed by atoms with van der Waals surface area (Å²) in [6.45, 7) is 12.8. The molecular formula is C34H44N4O5. The molecule has 0 bridgehead atoms. The Bertz CT molecular complexity index is 1410. The first-order valence-corrected chi connectivity index (χ1v) is 15.0. The fraction of sp³-hybridized carbons (Fsp3) is 0.441. The van der Waals surface area contributed by atoms with Gasteiger partial charge in [0.1, 0.15) is 18.9 Å². The molecule has 1 N–H and O–H groups in total. The topological polar surface area (TPSA) is 98.1 Å². The zero-order valence-corrected chi connectivity index (χ0v) is 26.2. The summed E-state index contributed by atoms with van der Waals surface area (Å²) < 4.78 is 11.7. The Morgan fingerprint density at radius 3 is 2.35 bits per heavy atom. The van der Waals surface area contributed by atoms with Crippen molar-refractivity contribution in [1.82, 2.24) is 10.2 Å². The number of nitrogens with zero attached hydrogens (tertiary/aromatic N) is 3. The van der Waals surface area contributed by atoms with Gasteiger partial charge in [0, 0.05) is 62.1 Å². The number of likely N-dealkylation sites (tertiary alicyclic amines) is 1. The van der Waals surface area contributed by atoms with Crippen molar-refractivity contribution in [2.75, 3.05) is 44.9 Å². The number of nitrogens with one attached hydrogen (secondary N) is 1. The van der Waals surface area contributed by atoms with E-state index in [1.54, 1.807) is 14.0 Å². The molecule has 4 rings (SSSR count). The molecule has 2 aromatic carbocycles. The smallest absolute Gasteiger partial charge is 0.252 e. The quantitative estimate of drug-likeness (QED) is 0.198. The number of pyridine rings is 1. The van der Waals surface area contributed by atoms with Crippen molar-refractivity contribution in [3.8, 4) is 16.9 Å². The van der Waals surface area contributed by atoms with Crippen molar-refractivity contribution < 1.29 is 23.8 Å². The second-order valence-corrected chi connectivity index (χ2v) is 11.2. The molecule has 3 aromatic rings. The Hall–Kier alpha value is -4.11. The van der Waals surface area contributed by atoms with Crippen LogP contribution in [0.2, 0.25) is 0 Å². The van der Waals surface area contributed by atoms with Crippen LogP contribution in [0, 0.1) is 26.0 Å². The lowest BCUT2D eigenvalue weighted by Gasteiger charge is -2.40. The SMILES string of the molecule is CCN(c1cc(-c2ccc(OCCOC)cc2)cc(C(=O)NCc2c(C)cc(C)c[n+]2[O-])c1C)C1CCN(C(C)=O)CC1. The molecule has 1 fully saturated rings. The number of aromatic nitrogens is 1. The summed E-state index contributed by atoms with van der Waals surface area (Å²) in [5.74, 6) is 0.622. The van der Waals surface area contributed by atoms with Crippen molar-refractivity contribution in [3.05, 3.63) is 81.8 Å². The molecule has 230 valence electrons. The molecule has 1 aliphatic heterocycles.